The number of benzene rings is 1. The van der Waals surface area contributed by atoms with Gasteiger partial charge in [-0.15, -0.1) is 11.8 Å². The van der Waals surface area contributed by atoms with E-state index in [4.69, 9.17) is 11.6 Å². The zero-order valence-electron chi connectivity index (χ0n) is 14.9. The van der Waals surface area contributed by atoms with Crippen LogP contribution in [0, 0.1) is 0 Å². The van der Waals surface area contributed by atoms with Crippen molar-refractivity contribution in [3.8, 4) is 0 Å². The highest BCUT2D eigenvalue weighted by Crippen LogP contribution is 2.38. The molecule has 1 saturated heterocycles. The second kappa shape index (κ2) is 9.62. The van der Waals surface area contributed by atoms with E-state index in [2.05, 4.69) is 15.5 Å². The molecule has 2 N–H and O–H groups in total. The summed E-state index contributed by atoms with van der Waals surface area (Å²) in [4.78, 5) is 27.8. The number of halogens is 1. The summed E-state index contributed by atoms with van der Waals surface area (Å²) in [5.74, 6) is -0.199. The van der Waals surface area contributed by atoms with Crippen molar-refractivity contribution in [3.63, 3.8) is 0 Å². The summed E-state index contributed by atoms with van der Waals surface area (Å²) in [5.41, 5.74) is 0.724. The maximum Gasteiger partial charge on any atom is 0.238 e. The van der Waals surface area contributed by atoms with Gasteiger partial charge in [0.1, 0.15) is 0 Å². The van der Waals surface area contributed by atoms with Gasteiger partial charge in [-0.25, -0.2) is 0 Å². The van der Waals surface area contributed by atoms with Crippen LogP contribution in [-0.4, -0.2) is 48.1 Å². The molecule has 0 bridgehead atoms. The van der Waals surface area contributed by atoms with E-state index in [1.807, 2.05) is 6.07 Å². The molecule has 7 heteroatoms. The highest BCUT2D eigenvalue weighted by atomic mass is 35.5. The number of thioether (sulfide) groups is 1. The molecule has 0 aromatic heterocycles. The SMILES string of the molecule is O=C(CC1Sc2ccc(Cl)cc2NC1=O)NCCCN1CCCCCC1. The number of carbonyl (C=O) groups is 2. The Labute approximate surface area is 164 Å². The summed E-state index contributed by atoms with van der Waals surface area (Å²) in [5, 5.41) is 5.99. The maximum absolute atomic E-state index is 12.2. The van der Waals surface area contributed by atoms with Gasteiger partial charge in [-0.05, 0) is 57.1 Å². The first-order valence-electron chi connectivity index (χ1n) is 9.38. The molecular formula is C19H26ClN3O2S. The lowest BCUT2D eigenvalue weighted by Crippen LogP contribution is -2.36. The average molecular weight is 396 g/mol. The van der Waals surface area contributed by atoms with Gasteiger partial charge in [-0.2, -0.15) is 0 Å². The van der Waals surface area contributed by atoms with E-state index >= 15 is 0 Å². The number of nitrogens with one attached hydrogen (secondary N) is 2. The Morgan fingerprint density at radius 2 is 2.04 bits per heavy atom. The Morgan fingerprint density at radius 3 is 2.81 bits per heavy atom. The summed E-state index contributed by atoms with van der Waals surface area (Å²) in [6, 6.07) is 5.42. The number of nitrogens with zero attached hydrogens (tertiary/aromatic N) is 1. The first-order valence-corrected chi connectivity index (χ1v) is 10.6. The Bertz CT molecular complexity index is 648. The van der Waals surface area contributed by atoms with Crippen LogP contribution in [0.2, 0.25) is 5.02 Å². The predicted molar refractivity (Wildman–Crippen MR) is 107 cm³/mol. The molecule has 1 unspecified atom stereocenters. The van der Waals surface area contributed by atoms with E-state index in [0.29, 0.717) is 11.6 Å². The third-order valence-electron chi connectivity index (χ3n) is 4.80. The van der Waals surface area contributed by atoms with Gasteiger partial charge in [0, 0.05) is 22.9 Å². The molecule has 5 nitrogen and oxygen atoms in total. The molecule has 142 valence electrons. The average Bonchev–Trinajstić information content (AvgIpc) is 2.88. The van der Waals surface area contributed by atoms with Gasteiger partial charge < -0.3 is 15.5 Å². The first-order chi connectivity index (χ1) is 12.6. The maximum atomic E-state index is 12.2. The fraction of sp³-hybridized carbons (Fsp3) is 0.579. The number of fused-ring (bicyclic) bond motifs is 1. The van der Waals surface area contributed by atoms with E-state index in [1.165, 1.54) is 50.5 Å². The highest BCUT2D eigenvalue weighted by molar-refractivity contribution is 8.01. The number of carbonyl (C=O) groups excluding carboxylic acids is 2. The van der Waals surface area contributed by atoms with Crippen LogP contribution >= 0.6 is 23.4 Å². The summed E-state index contributed by atoms with van der Waals surface area (Å²) in [7, 11) is 0. The van der Waals surface area contributed by atoms with Crippen molar-refractivity contribution in [2.45, 2.75) is 48.7 Å². The van der Waals surface area contributed by atoms with Gasteiger partial charge in [0.15, 0.2) is 0 Å². The second-order valence-electron chi connectivity index (χ2n) is 6.90. The molecule has 0 aliphatic carbocycles. The molecule has 2 heterocycles. The van der Waals surface area contributed by atoms with Crippen molar-refractivity contribution < 1.29 is 9.59 Å². The smallest absolute Gasteiger partial charge is 0.238 e. The van der Waals surface area contributed by atoms with Crippen LogP contribution in [0.4, 0.5) is 5.69 Å². The van der Waals surface area contributed by atoms with Crippen LogP contribution in [0.1, 0.15) is 38.5 Å². The molecule has 1 aromatic carbocycles. The molecule has 1 atom stereocenters. The first kappa shape index (κ1) is 19.5. The number of amides is 2. The Morgan fingerprint density at radius 1 is 1.27 bits per heavy atom. The van der Waals surface area contributed by atoms with Crippen LogP contribution < -0.4 is 10.6 Å². The van der Waals surface area contributed by atoms with Crippen molar-refractivity contribution in [1.82, 2.24) is 10.2 Å². The minimum atomic E-state index is -0.394. The number of rotatable bonds is 6. The van der Waals surface area contributed by atoms with Crippen LogP contribution in [0.15, 0.2) is 23.1 Å². The minimum Gasteiger partial charge on any atom is -0.356 e. The van der Waals surface area contributed by atoms with Gasteiger partial charge in [-0.3, -0.25) is 9.59 Å². The van der Waals surface area contributed by atoms with Gasteiger partial charge in [0.05, 0.1) is 10.9 Å². The highest BCUT2D eigenvalue weighted by Gasteiger charge is 2.29. The molecule has 26 heavy (non-hydrogen) atoms. The van der Waals surface area contributed by atoms with Crippen LogP contribution in [0.3, 0.4) is 0 Å². The van der Waals surface area contributed by atoms with E-state index in [0.717, 1.165) is 23.5 Å². The number of hydrogen-bond donors (Lipinski definition) is 2. The molecule has 2 aliphatic heterocycles. The lowest BCUT2D eigenvalue weighted by atomic mass is 10.2. The van der Waals surface area contributed by atoms with Crippen molar-refractivity contribution in [2.75, 3.05) is 31.5 Å². The Kier molecular flexibility index (Phi) is 7.23. The molecule has 0 radical (unpaired) electrons. The fourth-order valence-electron chi connectivity index (χ4n) is 3.39. The Balaban J connectivity index is 1.39. The number of anilines is 1. The summed E-state index contributed by atoms with van der Waals surface area (Å²) in [6.45, 7) is 4.06. The van der Waals surface area contributed by atoms with Gasteiger partial charge >= 0.3 is 0 Å². The van der Waals surface area contributed by atoms with E-state index in [9.17, 15) is 9.59 Å². The predicted octanol–water partition coefficient (Wildman–Crippen LogP) is 3.53. The number of likely N-dealkylation sites (tertiary alicyclic amines) is 1. The quantitative estimate of drug-likeness (QED) is 0.723. The summed E-state index contributed by atoms with van der Waals surface area (Å²) < 4.78 is 0. The lowest BCUT2D eigenvalue weighted by molar-refractivity contribution is -0.124. The third-order valence-corrected chi connectivity index (χ3v) is 6.31. The molecule has 1 fully saturated rings. The topological polar surface area (TPSA) is 61.4 Å². The fourth-order valence-corrected chi connectivity index (χ4v) is 4.65. The van der Waals surface area contributed by atoms with Gasteiger partial charge in [-0.1, -0.05) is 24.4 Å². The van der Waals surface area contributed by atoms with E-state index in [1.54, 1.807) is 12.1 Å². The van der Waals surface area contributed by atoms with Gasteiger partial charge in [0.25, 0.3) is 0 Å². The zero-order chi connectivity index (χ0) is 18.4. The second-order valence-corrected chi connectivity index (χ2v) is 8.58. The monoisotopic (exact) mass is 395 g/mol. The molecule has 3 rings (SSSR count). The van der Waals surface area contributed by atoms with E-state index < -0.39 is 5.25 Å². The zero-order valence-corrected chi connectivity index (χ0v) is 16.5. The third kappa shape index (κ3) is 5.63. The van der Waals surface area contributed by atoms with Gasteiger partial charge in [0.2, 0.25) is 11.8 Å². The normalized spacial score (nSPS) is 20.8. The minimum absolute atomic E-state index is 0.0640. The lowest BCUT2D eigenvalue weighted by Gasteiger charge is -2.24. The summed E-state index contributed by atoms with van der Waals surface area (Å²) >= 11 is 7.38. The molecule has 2 amide bonds. The number of hydrogen-bond acceptors (Lipinski definition) is 4. The van der Waals surface area contributed by atoms with Crippen molar-refractivity contribution in [1.29, 1.82) is 0 Å². The summed E-state index contributed by atoms with van der Waals surface area (Å²) in [6.07, 6.45) is 6.40. The van der Waals surface area contributed by atoms with Crippen LogP contribution in [0.5, 0.6) is 0 Å². The van der Waals surface area contributed by atoms with Crippen molar-refractivity contribution in [3.05, 3.63) is 23.2 Å². The van der Waals surface area contributed by atoms with E-state index in [-0.39, 0.29) is 18.2 Å². The largest absolute Gasteiger partial charge is 0.356 e. The van der Waals surface area contributed by atoms with Crippen LogP contribution in [0.25, 0.3) is 0 Å². The molecule has 1 aromatic rings. The molecule has 0 saturated carbocycles. The van der Waals surface area contributed by atoms with Crippen molar-refractivity contribution >= 4 is 40.9 Å². The molecule has 2 aliphatic rings. The Hall–Kier alpha value is -1.24. The van der Waals surface area contributed by atoms with Crippen LogP contribution in [-0.2, 0) is 9.59 Å². The molecular weight excluding hydrogens is 370 g/mol. The standard InChI is InChI=1S/C19H26ClN3O2S/c20-14-6-7-16-15(12-14)22-19(25)17(26-16)13-18(24)21-8-5-11-23-9-3-1-2-4-10-23/h6-7,12,17H,1-5,8-11,13H2,(H,21,24)(H,22,25). The van der Waals surface area contributed by atoms with Crippen molar-refractivity contribution in [2.24, 2.45) is 0 Å². The molecule has 0 spiro atoms.